The molecule has 21 heavy (non-hydrogen) atoms. The lowest BCUT2D eigenvalue weighted by Crippen LogP contribution is -2.18. The summed E-state index contributed by atoms with van der Waals surface area (Å²) in [6.07, 6.45) is 7.16. The summed E-state index contributed by atoms with van der Waals surface area (Å²) in [5.41, 5.74) is 3.09. The van der Waals surface area contributed by atoms with Crippen LogP contribution in [-0.4, -0.2) is 15.0 Å². The van der Waals surface area contributed by atoms with Gasteiger partial charge in [-0.15, -0.1) is 5.10 Å². The van der Waals surface area contributed by atoms with E-state index >= 15 is 0 Å². The number of aromatic nitrogens is 3. The first-order chi connectivity index (χ1) is 9.62. The van der Waals surface area contributed by atoms with Gasteiger partial charge in [-0.25, -0.2) is 4.68 Å². The molecule has 1 aromatic heterocycles. The summed E-state index contributed by atoms with van der Waals surface area (Å²) in [5.74, 6) is 0. The van der Waals surface area contributed by atoms with Gasteiger partial charge < -0.3 is 0 Å². The Hall–Kier alpha value is -0.860. The Balaban J connectivity index is 2.86. The van der Waals surface area contributed by atoms with E-state index in [0.717, 1.165) is 19.4 Å². The minimum absolute atomic E-state index is 0.260. The van der Waals surface area contributed by atoms with Crippen molar-refractivity contribution in [3.05, 3.63) is 11.4 Å². The summed E-state index contributed by atoms with van der Waals surface area (Å²) in [5, 5.41) is 8.95. The molecule has 0 spiro atoms. The molecule has 0 unspecified atom stereocenters. The summed E-state index contributed by atoms with van der Waals surface area (Å²) < 4.78 is 2.17. The molecule has 3 nitrogen and oxygen atoms in total. The van der Waals surface area contributed by atoms with Gasteiger partial charge in [0.05, 0.1) is 11.4 Å². The first-order valence-electron chi connectivity index (χ1n) is 8.53. The Labute approximate surface area is 131 Å². The Morgan fingerprint density at radius 3 is 2.00 bits per heavy atom. The summed E-state index contributed by atoms with van der Waals surface area (Å²) >= 11 is 0. The van der Waals surface area contributed by atoms with E-state index < -0.39 is 0 Å². The van der Waals surface area contributed by atoms with Crippen LogP contribution in [0.4, 0.5) is 0 Å². The van der Waals surface area contributed by atoms with Crippen molar-refractivity contribution in [3.63, 3.8) is 0 Å². The third kappa shape index (κ3) is 7.10. The van der Waals surface area contributed by atoms with Crippen LogP contribution in [0, 0.1) is 10.8 Å². The number of hydrogen-bond acceptors (Lipinski definition) is 2. The van der Waals surface area contributed by atoms with Gasteiger partial charge in [0.1, 0.15) is 0 Å². The zero-order valence-corrected chi connectivity index (χ0v) is 15.3. The molecule has 1 rings (SSSR count). The number of aryl methyl sites for hydroxylation is 1. The van der Waals surface area contributed by atoms with Crippen LogP contribution < -0.4 is 0 Å². The lowest BCUT2D eigenvalue weighted by atomic mass is 9.85. The number of unbranched alkanes of at least 4 members (excludes halogenated alkanes) is 3. The average molecular weight is 293 g/mol. The topological polar surface area (TPSA) is 30.7 Å². The van der Waals surface area contributed by atoms with Crippen molar-refractivity contribution in [3.8, 4) is 0 Å². The highest BCUT2D eigenvalue weighted by Gasteiger charge is 2.23. The lowest BCUT2D eigenvalue weighted by Gasteiger charge is -2.22. The SMILES string of the molecule is CCCCCCn1nnc(CC(C)(C)C)c1CC(C)(C)C. The van der Waals surface area contributed by atoms with Crippen molar-refractivity contribution < 1.29 is 0 Å². The quantitative estimate of drug-likeness (QED) is 0.660. The molecule has 0 saturated carbocycles. The number of rotatable bonds is 7. The van der Waals surface area contributed by atoms with Crippen LogP contribution in [0.15, 0.2) is 0 Å². The second-order valence-corrected chi connectivity index (χ2v) is 8.74. The van der Waals surface area contributed by atoms with E-state index in [1.54, 1.807) is 0 Å². The lowest BCUT2D eigenvalue weighted by molar-refractivity contribution is 0.377. The molecule has 0 amide bonds. The van der Waals surface area contributed by atoms with Crippen LogP contribution in [0.1, 0.15) is 85.5 Å². The molecular weight excluding hydrogens is 258 g/mol. The highest BCUT2D eigenvalue weighted by molar-refractivity contribution is 5.13. The van der Waals surface area contributed by atoms with Crippen LogP contribution in [0.25, 0.3) is 0 Å². The van der Waals surface area contributed by atoms with Crippen LogP contribution in [0.5, 0.6) is 0 Å². The van der Waals surface area contributed by atoms with Crippen molar-refractivity contribution >= 4 is 0 Å². The van der Waals surface area contributed by atoms with Gasteiger partial charge in [-0.2, -0.15) is 0 Å². The maximum absolute atomic E-state index is 4.50. The molecule has 0 aliphatic rings. The van der Waals surface area contributed by atoms with Gasteiger partial charge in [0.15, 0.2) is 0 Å². The monoisotopic (exact) mass is 293 g/mol. The molecule has 0 aliphatic heterocycles. The van der Waals surface area contributed by atoms with E-state index in [-0.39, 0.29) is 10.8 Å². The molecule has 122 valence electrons. The molecule has 1 heterocycles. The smallest absolute Gasteiger partial charge is 0.0864 e. The van der Waals surface area contributed by atoms with Gasteiger partial charge in [0, 0.05) is 6.54 Å². The van der Waals surface area contributed by atoms with Gasteiger partial charge in [-0.05, 0) is 30.1 Å². The highest BCUT2D eigenvalue weighted by Crippen LogP contribution is 2.27. The van der Waals surface area contributed by atoms with E-state index in [4.69, 9.17) is 0 Å². The third-order valence-corrected chi connectivity index (χ3v) is 3.54. The molecule has 0 N–H and O–H groups in total. The summed E-state index contributed by atoms with van der Waals surface area (Å²) in [4.78, 5) is 0. The largest absolute Gasteiger partial charge is 0.249 e. The molecule has 1 aromatic rings. The standard InChI is InChI=1S/C18H35N3/c1-8-9-10-11-12-21-16(14-18(5,6)7)15(19-20-21)13-17(2,3)4/h8-14H2,1-7H3. The van der Waals surface area contributed by atoms with E-state index in [0.29, 0.717) is 0 Å². The Kier molecular flexibility index (Phi) is 6.42. The first-order valence-corrected chi connectivity index (χ1v) is 8.53. The second-order valence-electron chi connectivity index (χ2n) is 8.74. The van der Waals surface area contributed by atoms with Crippen LogP contribution in [0.3, 0.4) is 0 Å². The van der Waals surface area contributed by atoms with Gasteiger partial charge in [-0.1, -0.05) is 72.9 Å². The number of nitrogens with zero attached hydrogens (tertiary/aromatic N) is 3. The van der Waals surface area contributed by atoms with Crippen molar-refractivity contribution in [1.29, 1.82) is 0 Å². The molecule has 0 radical (unpaired) electrons. The Morgan fingerprint density at radius 2 is 1.48 bits per heavy atom. The fourth-order valence-electron chi connectivity index (χ4n) is 2.57. The Bertz CT molecular complexity index is 419. The molecule has 0 aliphatic carbocycles. The predicted octanol–water partition coefficient (Wildman–Crippen LogP) is 5.04. The van der Waals surface area contributed by atoms with Crippen LogP contribution in [-0.2, 0) is 19.4 Å². The minimum Gasteiger partial charge on any atom is -0.249 e. The third-order valence-electron chi connectivity index (χ3n) is 3.54. The summed E-state index contributed by atoms with van der Waals surface area (Å²) in [6, 6.07) is 0. The molecule has 0 atom stereocenters. The second kappa shape index (κ2) is 7.42. The van der Waals surface area contributed by atoms with Gasteiger partial charge >= 0.3 is 0 Å². The Morgan fingerprint density at radius 1 is 0.857 bits per heavy atom. The van der Waals surface area contributed by atoms with E-state index in [1.165, 1.54) is 37.1 Å². The van der Waals surface area contributed by atoms with E-state index in [9.17, 15) is 0 Å². The van der Waals surface area contributed by atoms with Gasteiger partial charge in [0.2, 0.25) is 0 Å². The van der Waals surface area contributed by atoms with E-state index in [1.807, 2.05) is 0 Å². The van der Waals surface area contributed by atoms with Crippen LogP contribution in [0.2, 0.25) is 0 Å². The summed E-state index contributed by atoms with van der Waals surface area (Å²) in [6.45, 7) is 17.0. The van der Waals surface area contributed by atoms with E-state index in [2.05, 4.69) is 63.5 Å². The van der Waals surface area contributed by atoms with Gasteiger partial charge in [-0.3, -0.25) is 0 Å². The van der Waals surface area contributed by atoms with Gasteiger partial charge in [0.25, 0.3) is 0 Å². The molecule has 0 aromatic carbocycles. The maximum Gasteiger partial charge on any atom is 0.0864 e. The highest BCUT2D eigenvalue weighted by atomic mass is 15.4. The first kappa shape index (κ1) is 18.2. The average Bonchev–Trinajstić information content (AvgIpc) is 2.64. The van der Waals surface area contributed by atoms with Crippen molar-refractivity contribution in [2.45, 2.75) is 93.5 Å². The summed E-state index contributed by atoms with van der Waals surface area (Å²) in [7, 11) is 0. The minimum atomic E-state index is 0.260. The van der Waals surface area contributed by atoms with Crippen LogP contribution >= 0.6 is 0 Å². The normalized spacial score (nSPS) is 12.9. The fourth-order valence-corrected chi connectivity index (χ4v) is 2.57. The zero-order valence-electron chi connectivity index (χ0n) is 15.3. The van der Waals surface area contributed by atoms with Crippen molar-refractivity contribution in [1.82, 2.24) is 15.0 Å². The molecule has 0 fully saturated rings. The maximum atomic E-state index is 4.50. The molecule has 0 bridgehead atoms. The van der Waals surface area contributed by atoms with Crippen molar-refractivity contribution in [2.75, 3.05) is 0 Å². The molecule has 0 saturated heterocycles. The fraction of sp³-hybridized carbons (Fsp3) is 0.889. The predicted molar refractivity (Wildman–Crippen MR) is 90.5 cm³/mol. The van der Waals surface area contributed by atoms with Crippen molar-refractivity contribution in [2.24, 2.45) is 10.8 Å². The molecule has 3 heteroatoms. The molecular formula is C18H35N3. The zero-order chi connectivity index (χ0) is 16.1. The number of hydrogen-bond donors (Lipinski definition) is 0.